The van der Waals surface area contributed by atoms with Crippen LogP contribution < -0.4 is 11.5 Å². The van der Waals surface area contributed by atoms with E-state index in [1.54, 1.807) is 6.20 Å². The fourth-order valence-electron chi connectivity index (χ4n) is 0.538. The number of thioether (sulfide) groups is 1. The Bertz CT molecular complexity index is 257. The van der Waals surface area contributed by atoms with Crippen molar-refractivity contribution >= 4 is 33.4 Å². The van der Waals surface area contributed by atoms with Crippen molar-refractivity contribution in [1.29, 1.82) is 5.41 Å². The van der Waals surface area contributed by atoms with Gasteiger partial charge in [0, 0.05) is 16.8 Å². The minimum absolute atomic E-state index is 0.122. The average molecular weight is 188 g/mol. The van der Waals surface area contributed by atoms with Crippen LogP contribution in [-0.4, -0.2) is 10.2 Å². The van der Waals surface area contributed by atoms with Gasteiger partial charge in [-0.2, -0.15) is 0 Å². The van der Waals surface area contributed by atoms with Gasteiger partial charge >= 0.3 is 0 Å². The zero-order valence-corrected chi connectivity index (χ0v) is 7.34. The lowest BCUT2D eigenvalue weighted by atomic mass is 10.6. The number of nitrogens with one attached hydrogen (secondary N) is 1. The van der Waals surface area contributed by atoms with E-state index in [-0.39, 0.29) is 5.17 Å². The quantitative estimate of drug-likeness (QED) is 0.474. The Morgan fingerprint density at radius 3 is 3.00 bits per heavy atom. The van der Waals surface area contributed by atoms with Crippen molar-refractivity contribution in [3.63, 3.8) is 0 Å². The van der Waals surface area contributed by atoms with E-state index in [4.69, 9.17) is 16.9 Å². The van der Waals surface area contributed by atoms with Crippen molar-refractivity contribution in [3.05, 3.63) is 11.1 Å². The second-order valence-electron chi connectivity index (χ2n) is 1.82. The van der Waals surface area contributed by atoms with Crippen molar-refractivity contribution in [2.45, 2.75) is 5.75 Å². The molecule has 0 aliphatic rings. The molecule has 11 heavy (non-hydrogen) atoms. The van der Waals surface area contributed by atoms with Crippen molar-refractivity contribution in [1.82, 2.24) is 4.98 Å². The molecule has 0 radical (unpaired) electrons. The second kappa shape index (κ2) is 3.59. The molecule has 0 saturated heterocycles. The summed E-state index contributed by atoms with van der Waals surface area (Å²) < 4.78 is 0. The molecule has 1 aromatic heterocycles. The molecule has 1 heterocycles. The molecule has 0 aliphatic carbocycles. The van der Waals surface area contributed by atoms with Gasteiger partial charge in [0.2, 0.25) is 0 Å². The first-order valence-corrected chi connectivity index (χ1v) is 4.65. The number of nitrogen functional groups attached to an aromatic ring is 1. The Hall–Kier alpha value is -0.750. The lowest BCUT2D eigenvalue weighted by molar-refractivity contribution is 1.37. The number of hydrogen-bond acceptors (Lipinski definition) is 5. The topological polar surface area (TPSA) is 88.8 Å². The maximum Gasteiger partial charge on any atom is 0.180 e. The van der Waals surface area contributed by atoms with Crippen LogP contribution >= 0.6 is 23.1 Å². The molecule has 0 aromatic carbocycles. The van der Waals surface area contributed by atoms with Crippen LogP contribution in [0.2, 0.25) is 0 Å². The van der Waals surface area contributed by atoms with Crippen LogP contribution in [0.5, 0.6) is 0 Å². The van der Waals surface area contributed by atoms with Crippen LogP contribution in [-0.2, 0) is 5.75 Å². The summed E-state index contributed by atoms with van der Waals surface area (Å²) in [6.45, 7) is 0. The molecule has 0 saturated carbocycles. The molecule has 6 heteroatoms. The summed E-state index contributed by atoms with van der Waals surface area (Å²) in [6.07, 6.45) is 1.70. The minimum Gasteiger partial charge on any atom is -0.379 e. The lowest BCUT2D eigenvalue weighted by Crippen LogP contribution is -2.03. The highest BCUT2D eigenvalue weighted by Gasteiger charge is 1.98. The van der Waals surface area contributed by atoms with E-state index in [1.807, 2.05) is 0 Å². The monoisotopic (exact) mass is 188 g/mol. The predicted octanol–water partition coefficient (Wildman–Crippen LogP) is 0.852. The SMILES string of the molecule is N=C(N)SCc1cnc(N)s1. The first-order chi connectivity index (χ1) is 5.18. The Balaban J connectivity index is 2.45. The first kappa shape index (κ1) is 8.35. The number of rotatable bonds is 2. The number of nitrogens with two attached hydrogens (primary N) is 2. The van der Waals surface area contributed by atoms with Gasteiger partial charge in [-0.1, -0.05) is 11.8 Å². The summed E-state index contributed by atoms with van der Waals surface area (Å²) >= 11 is 2.70. The molecule has 0 aliphatic heterocycles. The molecule has 0 spiro atoms. The number of nitrogens with zero attached hydrogens (tertiary/aromatic N) is 1. The average Bonchev–Trinajstić information content (AvgIpc) is 2.31. The third-order valence-electron chi connectivity index (χ3n) is 0.941. The molecular formula is C5H8N4S2. The maximum absolute atomic E-state index is 6.94. The number of thiazole rings is 1. The van der Waals surface area contributed by atoms with E-state index in [0.29, 0.717) is 10.9 Å². The van der Waals surface area contributed by atoms with Crippen molar-refractivity contribution in [3.8, 4) is 0 Å². The first-order valence-electron chi connectivity index (χ1n) is 2.85. The summed E-state index contributed by atoms with van der Waals surface area (Å²) in [6, 6.07) is 0. The largest absolute Gasteiger partial charge is 0.379 e. The van der Waals surface area contributed by atoms with E-state index in [1.165, 1.54) is 23.1 Å². The van der Waals surface area contributed by atoms with E-state index in [2.05, 4.69) is 4.98 Å². The molecule has 1 rings (SSSR count). The molecule has 4 nitrogen and oxygen atoms in total. The number of hydrogen-bond donors (Lipinski definition) is 3. The van der Waals surface area contributed by atoms with Gasteiger partial charge in [-0.05, 0) is 0 Å². The third kappa shape index (κ3) is 2.77. The zero-order valence-electron chi connectivity index (χ0n) is 5.70. The van der Waals surface area contributed by atoms with Gasteiger partial charge < -0.3 is 11.5 Å². The molecule has 60 valence electrons. The van der Waals surface area contributed by atoms with E-state index in [9.17, 15) is 0 Å². The molecular weight excluding hydrogens is 180 g/mol. The van der Waals surface area contributed by atoms with Gasteiger partial charge in [-0.25, -0.2) is 4.98 Å². The Labute approximate surface area is 72.5 Å². The molecule has 0 fully saturated rings. The van der Waals surface area contributed by atoms with E-state index < -0.39 is 0 Å². The molecule has 0 bridgehead atoms. The van der Waals surface area contributed by atoms with Crippen LogP contribution in [0.25, 0.3) is 0 Å². The molecule has 1 aromatic rings. The molecule has 0 unspecified atom stereocenters. The normalized spacial score (nSPS) is 9.82. The van der Waals surface area contributed by atoms with Crippen molar-refractivity contribution < 1.29 is 0 Å². The summed E-state index contributed by atoms with van der Waals surface area (Å²) in [4.78, 5) is 4.91. The number of aromatic nitrogens is 1. The highest BCUT2D eigenvalue weighted by molar-refractivity contribution is 8.13. The lowest BCUT2D eigenvalue weighted by Gasteiger charge is -1.92. The summed E-state index contributed by atoms with van der Waals surface area (Å²) in [5, 5.41) is 7.63. The van der Waals surface area contributed by atoms with E-state index in [0.717, 1.165) is 4.88 Å². The smallest absolute Gasteiger partial charge is 0.180 e. The predicted molar refractivity (Wildman–Crippen MR) is 49.7 cm³/mol. The van der Waals surface area contributed by atoms with Gasteiger partial charge in [0.1, 0.15) is 0 Å². The maximum atomic E-state index is 6.94. The highest BCUT2D eigenvalue weighted by Crippen LogP contribution is 2.19. The number of amidine groups is 1. The van der Waals surface area contributed by atoms with Crippen LogP contribution in [0.3, 0.4) is 0 Å². The standard InChI is InChI=1S/C5H8N4S2/c6-4(7)10-2-3-1-9-5(8)11-3/h1H,2H2,(H3,6,7)(H2,8,9). The Morgan fingerprint density at radius 1 is 1.82 bits per heavy atom. The molecule has 0 amide bonds. The van der Waals surface area contributed by atoms with Gasteiger partial charge in [-0.3, -0.25) is 5.41 Å². The Morgan fingerprint density at radius 2 is 2.55 bits per heavy atom. The summed E-state index contributed by atoms with van der Waals surface area (Å²) in [7, 11) is 0. The zero-order chi connectivity index (χ0) is 8.27. The van der Waals surface area contributed by atoms with Crippen molar-refractivity contribution in [2.75, 3.05) is 5.73 Å². The van der Waals surface area contributed by atoms with Crippen LogP contribution in [0.1, 0.15) is 4.88 Å². The highest BCUT2D eigenvalue weighted by atomic mass is 32.2. The van der Waals surface area contributed by atoms with E-state index >= 15 is 0 Å². The fourth-order valence-corrected chi connectivity index (χ4v) is 1.80. The van der Waals surface area contributed by atoms with Crippen LogP contribution in [0.4, 0.5) is 5.13 Å². The fraction of sp³-hybridized carbons (Fsp3) is 0.200. The van der Waals surface area contributed by atoms with Gasteiger partial charge in [0.25, 0.3) is 0 Å². The van der Waals surface area contributed by atoms with Crippen molar-refractivity contribution in [2.24, 2.45) is 5.73 Å². The van der Waals surface area contributed by atoms with Gasteiger partial charge in [0.15, 0.2) is 10.3 Å². The van der Waals surface area contributed by atoms with Crippen LogP contribution in [0.15, 0.2) is 6.20 Å². The summed E-state index contributed by atoms with van der Waals surface area (Å²) in [5.41, 5.74) is 10.5. The molecule has 0 atom stereocenters. The van der Waals surface area contributed by atoms with Crippen LogP contribution in [0, 0.1) is 5.41 Å². The van der Waals surface area contributed by atoms with Gasteiger partial charge in [0.05, 0.1) is 0 Å². The summed E-state index contributed by atoms with van der Waals surface area (Å²) in [5.74, 6) is 0.685. The number of anilines is 1. The third-order valence-corrected chi connectivity index (χ3v) is 2.72. The van der Waals surface area contributed by atoms with Gasteiger partial charge in [-0.15, -0.1) is 11.3 Å². The second-order valence-corrected chi connectivity index (χ2v) is 3.98. The minimum atomic E-state index is 0.122. The Kier molecular flexibility index (Phi) is 2.72. The molecule has 5 N–H and O–H groups in total.